The van der Waals surface area contributed by atoms with Gasteiger partial charge in [-0.15, -0.1) is 24.0 Å². The van der Waals surface area contributed by atoms with E-state index in [1.54, 1.807) is 6.07 Å². The summed E-state index contributed by atoms with van der Waals surface area (Å²) in [7, 11) is -2.92. The summed E-state index contributed by atoms with van der Waals surface area (Å²) < 4.78 is 36.4. The molecule has 1 atom stereocenters. The van der Waals surface area contributed by atoms with Crippen molar-refractivity contribution < 1.29 is 12.8 Å². The summed E-state index contributed by atoms with van der Waals surface area (Å²) >= 11 is 0. The summed E-state index contributed by atoms with van der Waals surface area (Å²) in [6.45, 7) is 3.23. The summed E-state index contributed by atoms with van der Waals surface area (Å²) in [6, 6.07) is 4.62. The Balaban J connectivity index is 0.00000243. The summed E-state index contributed by atoms with van der Waals surface area (Å²) in [5.74, 6) is 0.765. The fourth-order valence-electron chi connectivity index (χ4n) is 3.08. The van der Waals surface area contributed by atoms with Crippen molar-refractivity contribution in [1.29, 1.82) is 0 Å². The minimum atomic E-state index is -2.92. The van der Waals surface area contributed by atoms with Gasteiger partial charge >= 0.3 is 0 Å². The molecule has 3 rings (SSSR count). The monoisotopic (exact) mass is 494 g/mol. The van der Waals surface area contributed by atoms with Crippen molar-refractivity contribution in [2.24, 2.45) is 4.99 Å². The molecule has 0 aliphatic carbocycles. The van der Waals surface area contributed by atoms with Crippen molar-refractivity contribution in [3.05, 3.63) is 35.8 Å². The van der Waals surface area contributed by atoms with E-state index in [0.29, 0.717) is 31.9 Å². The summed E-state index contributed by atoms with van der Waals surface area (Å²) in [5, 5.41) is 7.34. The number of aromatic amines is 1. The van der Waals surface area contributed by atoms with Crippen LogP contribution in [0.3, 0.4) is 0 Å². The van der Waals surface area contributed by atoms with Gasteiger partial charge in [0.1, 0.15) is 5.82 Å². The number of nitrogens with one attached hydrogen (secondary N) is 3. The summed E-state index contributed by atoms with van der Waals surface area (Å²) in [5.41, 5.74) is 1.86. The number of benzene rings is 1. The molecule has 144 valence electrons. The van der Waals surface area contributed by atoms with Crippen LogP contribution in [0.4, 0.5) is 4.39 Å². The number of aliphatic imine (C=N–C) groups is 1. The molecule has 1 aromatic heterocycles. The van der Waals surface area contributed by atoms with Crippen molar-refractivity contribution in [2.45, 2.75) is 25.8 Å². The Morgan fingerprint density at radius 1 is 1.42 bits per heavy atom. The lowest BCUT2D eigenvalue weighted by Gasteiger charge is -2.15. The van der Waals surface area contributed by atoms with E-state index >= 15 is 0 Å². The van der Waals surface area contributed by atoms with Crippen molar-refractivity contribution in [1.82, 2.24) is 15.6 Å². The molecule has 0 amide bonds. The van der Waals surface area contributed by atoms with Crippen LogP contribution in [0.5, 0.6) is 0 Å². The average Bonchev–Trinajstić information content (AvgIpc) is 3.10. The number of sulfone groups is 1. The largest absolute Gasteiger partial charge is 0.361 e. The number of fused-ring (bicyclic) bond motifs is 1. The molecule has 1 aromatic carbocycles. The minimum Gasteiger partial charge on any atom is -0.361 e. The molecule has 2 aromatic rings. The summed E-state index contributed by atoms with van der Waals surface area (Å²) in [4.78, 5) is 7.61. The van der Waals surface area contributed by atoms with Gasteiger partial charge in [-0.2, -0.15) is 0 Å². The third-order valence-electron chi connectivity index (χ3n) is 4.30. The Bertz CT molecular complexity index is 882. The molecule has 0 radical (unpaired) electrons. The first-order chi connectivity index (χ1) is 12.0. The standard InChI is InChI=1S/C17H23FN4O2S.HI/c1-2-19-17(22-14-6-8-25(23,24)11-14)20-7-5-12-10-21-16-9-13(18)3-4-15(12)16;/h3-4,9-10,14,21H,2,5-8,11H2,1H3,(H2,19,20,22);1H. The second-order valence-electron chi connectivity index (χ2n) is 6.26. The number of H-pyrrole nitrogens is 1. The molecule has 1 saturated heterocycles. The van der Waals surface area contributed by atoms with Crippen LogP contribution in [0.25, 0.3) is 10.9 Å². The molecule has 1 unspecified atom stereocenters. The molecule has 2 heterocycles. The highest BCUT2D eigenvalue weighted by molar-refractivity contribution is 14.0. The highest BCUT2D eigenvalue weighted by Crippen LogP contribution is 2.19. The van der Waals surface area contributed by atoms with E-state index < -0.39 is 9.84 Å². The quantitative estimate of drug-likeness (QED) is 0.338. The molecule has 1 fully saturated rings. The molecule has 0 bridgehead atoms. The van der Waals surface area contributed by atoms with Gasteiger partial charge in [0.2, 0.25) is 0 Å². The van der Waals surface area contributed by atoms with Crippen LogP contribution in [0.15, 0.2) is 29.4 Å². The van der Waals surface area contributed by atoms with Crippen molar-refractivity contribution >= 4 is 50.7 Å². The Hall–Kier alpha value is -1.36. The fourth-order valence-corrected chi connectivity index (χ4v) is 4.75. The SMILES string of the molecule is CCNC(=NCCc1c[nH]c2cc(F)ccc12)NC1CCS(=O)(=O)C1.I. The van der Waals surface area contributed by atoms with E-state index in [4.69, 9.17) is 0 Å². The Morgan fingerprint density at radius 2 is 2.23 bits per heavy atom. The van der Waals surface area contributed by atoms with Gasteiger partial charge < -0.3 is 15.6 Å². The van der Waals surface area contributed by atoms with Gasteiger partial charge in [0, 0.05) is 36.2 Å². The maximum absolute atomic E-state index is 13.2. The van der Waals surface area contributed by atoms with E-state index in [9.17, 15) is 12.8 Å². The maximum Gasteiger partial charge on any atom is 0.191 e. The predicted molar refractivity (Wildman–Crippen MR) is 114 cm³/mol. The first kappa shape index (κ1) is 20.9. The molecule has 6 nitrogen and oxygen atoms in total. The van der Waals surface area contributed by atoms with Gasteiger partial charge in [-0.25, -0.2) is 12.8 Å². The highest BCUT2D eigenvalue weighted by atomic mass is 127. The van der Waals surface area contributed by atoms with E-state index in [0.717, 1.165) is 16.5 Å². The zero-order valence-corrected chi connectivity index (χ0v) is 17.7. The molecule has 3 N–H and O–H groups in total. The van der Waals surface area contributed by atoms with Crippen LogP contribution in [-0.2, 0) is 16.3 Å². The zero-order chi connectivity index (χ0) is 17.9. The zero-order valence-electron chi connectivity index (χ0n) is 14.6. The number of hydrogen-bond acceptors (Lipinski definition) is 3. The Kier molecular flexibility index (Phi) is 7.27. The Morgan fingerprint density at radius 3 is 2.92 bits per heavy atom. The highest BCUT2D eigenvalue weighted by Gasteiger charge is 2.28. The average molecular weight is 494 g/mol. The van der Waals surface area contributed by atoms with Crippen LogP contribution in [0, 0.1) is 5.82 Å². The lowest BCUT2D eigenvalue weighted by Crippen LogP contribution is -2.44. The molecule has 9 heteroatoms. The van der Waals surface area contributed by atoms with E-state index in [1.165, 1.54) is 12.1 Å². The van der Waals surface area contributed by atoms with Crippen molar-refractivity contribution in [2.75, 3.05) is 24.6 Å². The molecular weight excluding hydrogens is 470 g/mol. The van der Waals surface area contributed by atoms with Gasteiger partial charge in [0.05, 0.1) is 11.5 Å². The van der Waals surface area contributed by atoms with Crippen LogP contribution >= 0.6 is 24.0 Å². The molecule has 1 aliphatic rings. The van der Waals surface area contributed by atoms with Crippen molar-refractivity contribution in [3.63, 3.8) is 0 Å². The third-order valence-corrected chi connectivity index (χ3v) is 6.07. The van der Waals surface area contributed by atoms with Crippen molar-refractivity contribution in [3.8, 4) is 0 Å². The Labute approximate surface area is 170 Å². The normalized spacial score (nSPS) is 19.3. The molecule has 0 saturated carbocycles. The van der Waals surface area contributed by atoms with E-state index in [-0.39, 0.29) is 47.3 Å². The minimum absolute atomic E-state index is 0. The van der Waals surface area contributed by atoms with E-state index in [1.807, 2.05) is 13.1 Å². The topological polar surface area (TPSA) is 86.3 Å². The number of hydrogen-bond donors (Lipinski definition) is 3. The van der Waals surface area contributed by atoms with Gasteiger partial charge in [0.25, 0.3) is 0 Å². The second kappa shape index (κ2) is 9.03. The van der Waals surface area contributed by atoms with E-state index in [2.05, 4.69) is 20.6 Å². The van der Waals surface area contributed by atoms with Crippen LogP contribution in [0.2, 0.25) is 0 Å². The smallest absolute Gasteiger partial charge is 0.191 e. The molecule has 26 heavy (non-hydrogen) atoms. The lowest BCUT2D eigenvalue weighted by molar-refractivity contribution is 0.599. The van der Waals surface area contributed by atoms with Gasteiger partial charge in [-0.1, -0.05) is 0 Å². The molecule has 0 spiro atoms. The predicted octanol–water partition coefficient (Wildman–Crippen LogP) is 2.21. The van der Waals surface area contributed by atoms with Crippen LogP contribution in [0.1, 0.15) is 18.9 Å². The third kappa shape index (κ3) is 5.32. The van der Waals surface area contributed by atoms with Gasteiger partial charge in [-0.05, 0) is 43.5 Å². The first-order valence-corrected chi connectivity index (χ1v) is 10.3. The molecule has 1 aliphatic heterocycles. The number of guanidine groups is 1. The molecular formula is C17H24FIN4O2S. The maximum atomic E-state index is 13.2. The van der Waals surface area contributed by atoms with Gasteiger partial charge in [-0.3, -0.25) is 4.99 Å². The van der Waals surface area contributed by atoms with Crippen LogP contribution < -0.4 is 10.6 Å². The number of rotatable bonds is 5. The number of nitrogens with zero attached hydrogens (tertiary/aromatic N) is 1. The van der Waals surface area contributed by atoms with Gasteiger partial charge in [0.15, 0.2) is 15.8 Å². The number of aromatic nitrogens is 1. The lowest BCUT2D eigenvalue weighted by atomic mass is 10.1. The number of halogens is 2. The second-order valence-corrected chi connectivity index (χ2v) is 8.49. The fraction of sp³-hybridized carbons (Fsp3) is 0.471. The summed E-state index contributed by atoms with van der Waals surface area (Å²) in [6.07, 6.45) is 3.20. The first-order valence-electron chi connectivity index (χ1n) is 8.47. The van der Waals surface area contributed by atoms with Crippen LogP contribution in [-0.4, -0.2) is 50.0 Å².